The number of likely N-dealkylation sites (N-methyl/N-ethyl adjacent to an activating group) is 1. The van der Waals surface area contributed by atoms with Gasteiger partial charge in [0.05, 0.1) is 0 Å². The maximum Gasteiger partial charge on any atom is 0.323 e. The molecule has 1 heterocycles. The van der Waals surface area contributed by atoms with Crippen LogP contribution in [0.1, 0.15) is 31.9 Å². The number of nitrogens with one attached hydrogen (secondary N) is 2. The SMILES string of the molecule is CN1CCN(Cc2ccc(NC(=O)Nc3ccc(C(C)(C)C)cc3)cc2)CC1. The predicted molar refractivity (Wildman–Crippen MR) is 117 cm³/mol. The molecule has 0 radical (unpaired) electrons. The highest BCUT2D eigenvalue weighted by Gasteiger charge is 2.14. The van der Waals surface area contributed by atoms with Crippen LogP contribution in [0.25, 0.3) is 0 Å². The van der Waals surface area contributed by atoms with E-state index in [-0.39, 0.29) is 11.4 Å². The second-order valence-corrected chi connectivity index (χ2v) is 8.68. The lowest BCUT2D eigenvalue weighted by Gasteiger charge is -2.32. The van der Waals surface area contributed by atoms with E-state index in [0.717, 1.165) is 44.1 Å². The average Bonchev–Trinajstić information content (AvgIpc) is 2.65. The van der Waals surface area contributed by atoms with Gasteiger partial charge in [0, 0.05) is 44.1 Å². The van der Waals surface area contributed by atoms with Gasteiger partial charge in [-0.1, -0.05) is 45.0 Å². The van der Waals surface area contributed by atoms with E-state index in [2.05, 4.69) is 72.5 Å². The summed E-state index contributed by atoms with van der Waals surface area (Å²) in [5.74, 6) is 0. The van der Waals surface area contributed by atoms with E-state index < -0.39 is 0 Å². The van der Waals surface area contributed by atoms with Crippen molar-refractivity contribution in [3.8, 4) is 0 Å². The molecule has 2 aromatic carbocycles. The molecular formula is C23H32N4O. The normalized spacial score (nSPS) is 16.0. The zero-order valence-corrected chi connectivity index (χ0v) is 17.5. The van der Waals surface area contributed by atoms with Gasteiger partial charge in [-0.3, -0.25) is 4.90 Å². The van der Waals surface area contributed by atoms with Crippen LogP contribution in [-0.2, 0) is 12.0 Å². The summed E-state index contributed by atoms with van der Waals surface area (Å²) in [6.07, 6.45) is 0. The smallest absolute Gasteiger partial charge is 0.308 e. The summed E-state index contributed by atoms with van der Waals surface area (Å²) in [4.78, 5) is 17.1. The number of benzene rings is 2. The molecule has 3 rings (SSSR count). The van der Waals surface area contributed by atoms with E-state index in [1.807, 2.05) is 24.3 Å². The maximum absolute atomic E-state index is 12.3. The van der Waals surface area contributed by atoms with Crippen molar-refractivity contribution in [2.75, 3.05) is 43.9 Å². The Balaban J connectivity index is 1.50. The number of nitrogens with zero attached hydrogens (tertiary/aromatic N) is 2. The largest absolute Gasteiger partial charge is 0.323 e. The Kier molecular flexibility index (Phi) is 6.37. The van der Waals surface area contributed by atoms with Gasteiger partial charge in [-0.25, -0.2) is 4.79 Å². The molecule has 0 unspecified atom stereocenters. The van der Waals surface area contributed by atoms with Crippen molar-refractivity contribution >= 4 is 17.4 Å². The molecular weight excluding hydrogens is 348 g/mol. The molecule has 2 N–H and O–H groups in total. The summed E-state index contributed by atoms with van der Waals surface area (Å²) in [7, 11) is 2.17. The maximum atomic E-state index is 12.3. The molecule has 1 aliphatic rings. The van der Waals surface area contributed by atoms with Crippen LogP contribution in [0.5, 0.6) is 0 Å². The summed E-state index contributed by atoms with van der Waals surface area (Å²) >= 11 is 0. The van der Waals surface area contributed by atoms with Crippen molar-refractivity contribution < 1.29 is 4.79 Å². The zero-order chi connectivity index (χ0) is 20.1. The molecule has 2 aromatic rings. The van der Waals surface area contributed by atoms with E-state index in [1.165, 1.54) is 11.1 Å². The molecule has 5 nitrogen and oxygen atoms in total. The summed E-state index contributed by atoms with van der Waals surface area (Å²) in [5, 5.41) is 5.79. The third-order valence-corrected chi connectivity index (χ3v) is 5.22. The fourth-order valence-corrected chi connectivity index (χ4v) is 3.30. The van der Waals surface area contributed by atoms with Crippen molar-refractivity contribution in [2.45, 2.75) is 32.7 Å². The highest BCUT2D eigenvalue weighted by Crippen LogP contribution is 2.23. The number of amides is 2. The van der Waals surface area contributed by atoms with E-state index in [0.29, 0.717) is 0 Å². The Morgan fingerprint density at radius 1 is 0.857 bits per heavy atom. The van der Waals surface area contributed by atoms with Crippen LogP contribution in [0.15, 0.2) is 48.5 Å². The second-order valence-electron chi connectivity index (χ2n) is 8.68. The molecule has 1 saturated heterocycles. The molecule has 1 fully saturated rings. The molecule has 28 heavy (non-hydrogen) atoms. The Morgan fingerprint density at radius 2 is 1.36 bits per heavy atom. The van der Waals surface area contributed by atoms with Crippen LogP contribution >= 0.6 is 0 Å². The van der Waals surface area contributed by atoms with Gasteiger partial charge in [-0.15, -0.1) is 0 Å². The van der Waals surface area contributed by atoms with Gasteiger partial charge < -0.3 is 15.5 Å². The predicted octanol–water partition coefficient (Wildman–Crippen LogP) is 4.38. The van der Waals surface area contributed by atoms with E-state index >= 15 is 0 Å². The van der Waals surface area contributed by atoms with Gasteiger partial charge in [0.15, 0.2) is 0 Å². The van der Waals surface area contributed by atoms with Crippen LogP contribution in [0.3, 0.4) is 0 Å². The summed E-state index contributed by atoms with van der Waals surface area (Å²) in [6.45, 7) is 11.9. The molecule has 150 valence electrons. The first-order chi connectivity index (χ1) is 13.3. The zero-order valence-electron chi connectivity index (χ0n) is 17.5. The van der Waals surface area contributed by atoms with Crippen molar-refractivity contribution in [3.63, 3.8) is 0 Å². The minimum absolute atomic E-state index is 0.104. The Morgan fingerprint density at radius 3 is 1.86 bits per heavy atom. The average molecular weight is 381 g/mol. The molecule has 0 aliphatic carbocycles. The lowest BCUT2D eigenvalue weighted by atomic mass is 9.87. The number of piperazine rings is 1. The van der Waals surface area contributed by atoms with Crippen LogP contribution in [0.4, 0.5) is 16.2 Å². The standard InChI is InChI=1S/C23H32N4O/c1-23(2,3)19-7-11-21(12-8-19)25-22(28)24-20-9-5-18(6-10-20)17-27-15-13-26(4)14-16-27/h5-12H,13-17H2,1-4H3,(H2,24,25,28). The van der Waals surface area contributed by atoms with Crippen LogP contribution in [0, 0.1) is 0 Å². The molecule has 1 aliphatic heterocycles. The minimum Gasteiger partial charge on any atom is -0.308 e. The molecule has 0 atom stereocenters. The summed E-state index contributed by atoms with van der Waals surface area (Å²) in [6, 6.07) is 15.9. The number of carbonyl (C=O) groups is 1. The van der Waals surface area contributed by atoms with Crippen molar-refractivity contribution in [1.29, 1.82) is 0 Å². The second kappa shape index (κ2) is 8.76. The quantitative estimate of drug-likeness (QED) is 0.828. The number of urea groups is 1. The third kappa shape index (κ3) is 5.81. The number of anilines is 2. The number of carbonyl (C=O) groups excluding carboxylic acids is 1. The van der Waals surface area contributed by atoms with Gasteiger partial charge >= 0.3 is 6.03 Å². The molecule has 5 heteroatoms. The first kappa shape index (κ1) is 20.4. The highest BCUT2D eigenvalue weighted by atomic mass is 16.2. The molecule has 0 saturated carbocycles. The fourth-order valence-electron chi connectivity index (χ4n) is 3.30. The molecule has 0 spiro atoms. The van der Waals surface area contributed by atoms with Gasteiger partial charge in [0.25, 0.3) is 0 Å². The van der Waals surface area contributed by atoms with Crippen LogP contribution < -0.4 is 10.6 Å². The minimum atomic E-state index is -0.227. The van der Waals surface area contributed by atoms with Gasteiger partial charge in [0.1, 0.15) is 0 Å². The van der Waals surface area contributed by atoms with Gasteiger partial charge in [-0.2, -0.15) is 0 Å². The lowest BCUT2D eigenvalue weighted by Crippen LogP contribution is -2.43. The van der Waals surface area contributed by atoms with Gasteiger partial charge in [0.2, 0.25) is 0 Å². The molecule has 2 amide bonds. The lowest BCUT2D eigenvalue weighted by molar-refractivity contribution is 0.148. The fraction of sp³-hybridized carbons (Fsp3) is 0.435. The van der Waals surface area contributed by atoms with Crippen molar-refractivity contribution in [1.82, 2.24) is 9.80 Å². The van der Waals surface area contributed by atoms with E-state index in [9.17, 15) is 4.79 Å². The van der Waals surface area contributed by atoms with E-state index in [1.54, 1.807) is 0 Å². The van der Waals surface area contributed by atoms with Crippen LogP contribution in [0.2, 0.25) is 0 Å². The Hall–Kier alpha value is -2.37. The Labute approximate surface area is 168 Å². The third-order valence-electron chi connectivity index (χ3n) is 5.22. The summed E-state index contributed by atoms with van der Waals surface area (Å²) < 4.78 is 0. The number of hydrogen-bond donors (Lipinski definition) is 2. The van der Waals surface area contributed by atoms with E-state index in [4.69, 9.17) is 0 Å². The van der Waals surface area contributed by atoms with Crippen LogP contribution in [-0.4, -0.2) is 49.1 Å². The monoisotopic (exact) mass is 380 g/mol. The van der Waals surface area contributed by atoms with Gasteiger partial charge in [-0.05, 0) is 47.9 Å². The first-order valence-electron chi connectivity index (χ1n) is 9.98. The highest BCUT2D eigenvalue weighted by molar-refractivity contribution is 5.99. The summed E-state index contributed by atoms with van der Waals surface area (Å²) in [5.41, 5.74) is 4.21. The Bertz CT molecular complexity index is 770. The van der Waals surface area contributed by atoms with Crippen molar-refractivity contribution in [3.05, 3.63) is 59.7 Å². The number of rotatable bonds is 4. The molecule has 0 aromatic heterocycles. The first-order valence-corrected chi connectivity index (χ1v) is 9.98. The number of hydrogen-bond acceptors (Lipinski definition) is 3. The molecule has 0 bridgehead atoms. The topological polar surface area (TPSA) is 47.6 Å². The van der Waals surface area contributed by atoms with Crippen molar-refractivity contribution in [2.24, 2.45) is 0 Å².